The van der Waals surface area contributed by atoms with Crippen molar-refractivity contribution in [2.24, 2.45) is 0 Å². The summed E-state index contributed by atoms with van der Waals surface area (Å²) in [6.45, 7) is 0. The average Bonchev–Trinajstić information content (AvgIpc) is 3.02. The van der Waals surface area contributed by atoms with E-state index in [9.17, 15) is 18.0 Å². The number of carbonyl (C=O) groups excluding carboxylic acids is 1. The quantitative estimate of drug-likeness (QED) is 0.533. The van der Waals surface area contributed by atoms with Crippen LogP contribution in [0.25, 0.3) is 11.0 Å². The van der Waals surface area contributed by atoms with Gasteiger partial charge in [-0.15, -0.1) is 0 Å². The Morgan fingerprint density at radius 1 is 1.24 bits per heavy atom. The molecule has 0 aliphatic carbocycles. The number of aromatic nitrogens is 2. The van der Waals surface area contributed by atoms with E-state index in [1.165, 1.54) is 0 Å². The number of anilines is 1. The summed E-state index contributed by atoms with van der Waals surface area (Å²) < 4.78 is 44.7. The summed E-state index contributed by atoms with van der Waals surface area (Å²) in [5.41, 5.74) is 1.03. The molecule has 0 saturated carbocycles. The van der Waals surface area contributed by atoms with E-state index in [1.807, 2.05) is 0 Å². The maximum absolute atomic E-state index is 13.5. The molecule has 9 heteroatoms. The molecule has 130 valence electrons. The molecule has 2 N–H and O–H groups in total. The first-order chi connectivity index (χ1) is 12.0. The van der Waals surface area contributed by atoms with Gasteiger partial charge in [0.25, 0.3) is 0 Å². The molecule has 0 spiro atoms. The van der Waals surface area contributed by atoms with E-state index in [-0.39, 0.29) is 5.75 Å². The number of methoxy groups -OCH3 is 1. The molecule has 3 rings (SSSR count). The number of halogens is 3. The van der Waals surface area contributed by atoms with Gasteiger partial charge in [-0.1, -0.05) is 11.8 Å². The minimum atomic E-state index is -1.63. The van der Waals surface area contributed by atoms with Crippen molar-refractivity contribution in [3.63, 3.8) is 0 Å². The Hall–Kier alpha value is -2.68. The maximum atomic E-state index is 13.5. The van der Waals surface area contributed by atoms with Gasteiger partial charge in [0.15, 0.2) is 22.6 Å². The molecular formula is C16H12F3N3O2S. The number of H-pyrrole nitrogens is 1. The second-order valence-corrected chi connectivity index (χ2v) is 5.95. The Morgan fingerprint density at radius 2 is 2.04 bits per heavy atom. The summed E-state index contributed by atoms with van der Waals surface area (Å²) in [6.07, 6.45) is 0. The molecule has 1 heterocycles. The Bertz CT molecular complexity index is 946. The lowest BCUT2D eigenvalue weighted by Crippen LogP contribution is -2.16. The van der Waals surface area contributed by atoms with Gasteiger partial charge in [0.05, 0.1) is 29.6 Å². The number of rotatable bonds is 5. The predicted octanol–water partition coefficient (Wildman–Crippen LogP) is 3.72. The highest BCUT2D eigenvalue weighted by molar-refractivity contribution is 7.99. The summed E-state index contributed by atoms with van der Waals surface area (Å²) in [6, 6.07) is 7.00. The Balaban J connectivity index is 1.65. The zero-order valence-corrected chi connectivity index (χ0v) is 13.7. The summed E-state index contributed by atoms with van der Waals surface area (Å²) in [5, 5.41) is 2.69. The molecule has 1 amide bonds. The van der Waals surface area contributed by atoms with Crippen molar-refractivity contribution in [3.8, 4) is 5.75 Å². The van der Waals surface area contributed by atoms with Crippen molar-refractivity contribution < 1.29 is 22.7 Å². The second-order valence-electron chi connectivity index (χ2n) is 4.98. The van der Waals surface area contributed by atoms with Gasteiger partial charge >= 0.3 is 0 Å². The minimum Gasteiger partial charge on any atom is -0.497 e. The van der Waals surface area contributed by atoms with Crippen LogP contribution in [0.15, 0.2) is 35.5 Å². The van der Waals surface area contributed by atoms with Crippen molar-refractivity contribution in [2.45, 2.75) is 5.16 Å². The van der Waals surface area contributed by atoms with Gasteiger partial charge in [-0.2, -0.15) is 0 Å². The number of hydrogen-bond donors (Lipinski definition) is 2. The van der Waals surface area contributed by atoms with E-state index in [1.54, 1.807) is 25.3 Å². The predicted molar refractivity (Wildman–Crippen MR) is 88.3 cm³/mol. The van der Waals surface area contributed by atoms with E-state index in [0.717, 1.165) is 29.4 Å². The molecule has 0 saturated heterocycles. The Morgan fingerprint density at radius 3 is 2.80 bits per heavy atom. The molecular weight excluding hydrogens is 355 g/mol. The molecule has 0 atom stereocenters. The number of carbonyl (C=O) groups is 1. The molecule has 5 nitrogen and oxygen atoms in total. The van der Waals surface area contributed by atoms with Gasteiger partial charge in [-0.25, -0.2) is 18.2 Å². The van der Waals surface area contributed by atoms with Gasteiger partial charge in [-0.3, -0.25) is 4.79 Å². The number of amides is 1. The van der Waals surface area contributed by atoms with Crippen molar-refractivity contribution in [1.82, 2.24) is 9.97 Å². The van der Waals surface area contributed by atoms with Gasteiger partial charge in [0, 0.05) is 6.07 Å². The zero-order valence-electron chi connectivity index (χ0n) is 12.9. The highest BCUT2D eigenvalue weighted by Gasteiger charge is 2.15. The molecule has 0 aliphatic rings. The van der Waals surface area contributed by atoms with Gasteiger partial charge in [-0.05, 0) is 24.3 Å². The van der Waals surface area contributed by atoms with E-state index < -0.39 is 29.0 Å². The molecule has 25 heavy (non-hydrogen) atoms. The van der Waals surface area contributed by atoms with Crippen LogP contribution in [-0.4, -0.2) is 28.7 Å². The smallest absolute Gasteiger partial charge is 0.234 e. The second kappa shape index (κ2) is 7.06. The number of imidazole rings is 1. The van der Waals surface area contributed by atoms with E-state index in [2.05, 4.69) is 15.3 Å². The fourth-order valence-corrected chi connectivity index (χ4v) is 2.79. The topological polar surface area (TPSA) is 67.0 Å². The number of nitrogens with one attached hydrogen (secondary N) is 2. The Labute approximate surface area is 144 Å². The summed E-state index contributed by atoms with van der Waals surface area (Å²) in [7, 11) is 1.55. The summed E-state index contributed by atoms with van der Waals surface area (Å²) in [5.74, 6) is -4.38. The number of ether oxygens (including phenoxy) is 1. The fraction of sp³-hybridized carbons (Fsp3) is 0.125. The van der Waals surface area contributed by atoms with Crippen LogP contribution in [0.5, 0.6) is 5.75 Å². The lowest BCUT2D eigenvalue weighted by atomic mass is 10.3. The van der Waals surface area contributed by atoms with E-state index in [4.69, 9.17) is 4.74 Å². The van der Waals surface area contributed by atoms with Crippen molar-refractivity contribution in [1.29, 1.82) is 0 Å². The number of benzene rings is 2. The molecule has 0 unspecified atom stereocenters. The van der Waals surface area contributed by atoms with Gasteiger partial charge < -0.3 is 15.0 Å². The highest BCUT2D eigenvalue weighted by atomic mass is 32.2. The fourth-order valence-electron chi connectivity index (χ4n) is 2.10. The molecule has 0 radical (unpaired) electrons. The van der Waals surface area contributed by atoms with E-state index >= 15 is 0 Å². The maximum Gasteiger partial charge on any atom is 0.234 e. The summed E-state index contributed by atoms with van der Waals surface area (Å²) in [4.78, 5) is 19.2. The molecule has 1 aromatic heterocycles. The van der Waals surface area contributed by atoms with Crippen molar-refractivity contribution >= 4 is 34.4 Å². The van der Waals surface area contributed by atoms with Gasteiger partial charge in [0.1, 0.15) is 5.75 Å². The minimum absolute atomic E-state index is 0.0879. The standard InChI is InChI=1S/C16H12F3N3O2S/c1-24-8-2-4-10-12(6-8)22-16(21-10)25-7-13(23)20-11-5-3-9(17)14(18)15(11)19/h2-6H,7H2,1H3,(H,20,23)(H,21,22). The van der Waals surface area contributed by atoms with Crippen LogP contribution in [-0.2, 0) is 4.79 Å². The molecule has 0 fully saturated rings. The lowest BCUT2D eigenvalue weighted by Gasteiger charge is -2.06. The van der Waals surface area contributed by atoms with E-state index in [0.29, 0.717) is 16.4 Å². The van der Waals surface area contributed by atoms with Crippen LogP contribution in [0.2, 0.25) is 0 Å². The number of fused-ring (bicyclic) bond motifs is 1. The van der Waals surface area contributed by atoms with Crippen LogP contribution < -0.4 is 10.1 Å². The molecule has 0 bridgehead atoms. The number of thioether (sulfide) groups is 1. The third kappa shape index (κ3) is 3.71. The lowest BCUT2D eigenvalue weighted by molar-refractivity contribution is -0.113. The highest BCUT2D eigenvalue weighted by Crippen LogP contribution is 2.24. The van der Waals surface area contributed by atoms with Crippen molar-refractivity contribution in [2.75, 3.05) is 18.2 Å². The first-order valence-electron chi connectivity index (χ1n) is 7.08. The average molecular weight is 367 g/mol. The van der Waals surface area contributed by atoms with Crippen molar-refractivity contribution in [3.05, 3.63) is 47.8 Å². The molecule has 2 aromatic carbocycles. The molecule has 3 aromatic rings. The normalized spacial score (nSPS) is 10.9. The van der Waals surface area contributed by atoms with Crippen LogP contribution in [0.4, 0.5) is 18.9 Å². The van der Waals surface area contributed by atoms with Gasteiger partial charge in [0.2, 0.25) is 5.91 Å². The zero-order chi connectivity index (χ0) is 18.0. The first-order valence-corrected chi connectivity index (χ1v) is 8.06. The third-order valence-corrected chi connectivity index (χ3v) is 4.19. The molecule has 0 aliphatic heterocycles. The Kier molecular flexibility index (Phi) is 4.84. The third-order valence-electron chi connectivity index (χ3n) is 3.32. The van der Waals surface area contributed by atoms with Crippen LogP contribution in [0.1, 0.15) is 0 Å². The largest absolute Gasteiger partial charge is 0.497 e. The number of nitrogens with zero attached hydrogens (tertiary/aromatic N) is 1. The SMILES string of the molecule is COc1ccc2nc(SCC(=O)Nc3ccc(F)c(F)c3F)[nH]c2c1. The summed E-state index contributed by atoms with van der Waals surface area (Å²) >= 11 is 1.09. The monoisotopic (exact) mass is 367 g/mol. The number of aromatic amines is 1. The number of hydrogen-bond acceptors (Lipinski definition) is 4. The van der Waals surface area contributed by atoms with Crippen LogP contribution in [0.3, 0.4) is 0 Å². The first kappa shape index (κ1) is 17.2. The van der Waals surface area contributed by atoms with Crippen LogP contribution >= 0.6 is 11.8 Å². The van der Waals surface area contributed by atoms with Crippen LogP contribution in [0, 0.1) is 17.5 Å².